The third-order valence-electron chi connectivity index (χ3n) is 2.00. The summed E-state index contributed by atoms with van der Waals surface area (Å²) < 4.78 is 5.45. The lowest BCUT2D eigenvalue weighted by Gasteiger charge is -2.15. The highest BCUT2D eigenvalue weighted by molar-refractivity contribution is 5.08. The Bertz CT molecular complexity index is 257. The van der Waals surface area contributed by atoms with E-state index in [0.717, 1.165) is 11.5 Å². The Morgan fingerprint density at radius 2 is 2.15 bits per heavy atom. The van der Waals surface area contributed by atoms with Gasteiger partial charge in [0.1, 0.15) is 11.5 Å². The monoisotopic (exact) mass is 183 g/mol. The molecule has 2 N–H and O–H groups in total. The van der Waals surface area contributed by atoms with Gasteiger partial charge in [0.2, 0.25) is 0 Å². The van der Waals surface area contributed by atoms with Crippen LogP contribution in [0.3, 0.4) is 0 Å². The second-order valence-electron chi connectivity index (χ2n) is 3.42. The summed E-state index contributed by atoms with van der Waals surface area (Å²) in [5.74, 6) is 1.83. The molecule has 2 atom stereocenters. The molecule has 74 valence electrons. The minimum absolute atomic E-state index is 0.0976. The lowest BCUT2D eigenvalue weighted by Crippen LogP contribution is -2.31. The predicted molar refractivity (Wildman–Crippen MR) is 51.5 cm³/mol. The molecule has 2 unspecified atom stereocenters. The molecule has 13 heavy (non-hydrogen) atoms. The number of nitrogens with one attached hydrogen (secondary N) is 1. The minimum atomic E-state index is 0.0976. The maximum absolute atomic E-state index is 8.84. The quantitative estimate of drug-likeness (QED) is 0.745. The van der Waals surface area contributed by atoms with Gasteiger partial charge in [-0.25, -0.2) is 0 Å². The molecule has 1 heterocycles. The highest BCUT2D eigenvalue weighted by Crippen LogP contribution is 2.15. The predicted octanol–water partition coefficient (Wildman–Crippen LogP) is 1.62. The van der Waals surface area contributed by atoms with E-state index < -0.39 is 0 Å². The first-order chi connectivity index (χ1) is 6.13. The van der Waals surface area contributed by atoms with Gasteiger partial charge in [0.15, 0.2) is 0 Å². The lowest BCUT2D eigenvalue weighted by molar-refractivity contribution is 0.238. The molecule has 0 saturated carbocycles. The minimum Gasteiger partial charge on any atom is -0.465 e. The van der Waals surface area contributed by atoms with Crippen LogP contribution < -0.4 is 5.32 Å². The molecule has 0 bridgehead atoms. The topological polar surface area (TPSA) is 45.4 Å². The molecule has 3 heteroatoms. The summed E-state index contributed by atoms with van der Waals surface area (Å²) in [6, 6.07) is 4.14. The molecule has 0 fully saturated rings. The average molecular weight is 183 g/mol. The molecule has 1 aromatic heterocycles. The highest BCUT2D eigenvalue weighted by atomic mass is 16.3. The van der Waals surface area contributed by atoms with Gasteiger partial charge in [-0.3, -0.25) is 0 Å². The summed E-state index contributed by atoms with van der Waals surface area (Å²) in [6.07, 6.45) is 0. The number of aliphatic hydroxyl groups excluding tert-OH is 1. The van der Waals surface area contributed by atoms with Crippen LogP contribution in [0.2, 0.25) is 0 Å². The third kappa shape index (κ3) is 2.86. The van der Waals surface area contributed by atoms with Crippen molar-refractivity contribution in [2.24, 2.45) is 0 Å². The molecule has 0 saturated heterocycles. The van der Waals surface area contributed by atoms with Crippen molar-refractivity contribution >= 4 is 0 Å². The van der Waals surface area contributed by atoms with E-state index in [4.69, 9.17) is 9.52 Å². The van der Waals surface area contributed by atoms with Crippen LogP contribution in [0.15, 0.2) is 16.5 Å². The van der Waals surface area contributed by atoms with Gasteiger partial charge in [0, 0.05) is 6.04 Å². The van der Waals surface area contributed by atoms with Crippen LogP contribution in [-0.2, 0) is 0 Å². The molecule has 3 nitrogen and oxygen atoms in total. The second kappa shape index (κ2) is 4.44. The van der Waals surface area contributed by atoms with Gasteiger partial charge in [0.05, 0.1) is 12.6 Å². The second-order valence-corrected chi connectivity index (χ2v) is 3.42. The fraction of sp³-hybridized carbons (Fsp3) is 0.600. The van der Waals surface area contributed by atoms with E-state index >= 15 is 0 Å². The van der Waals surface area contributed by atoms with Crippen molar-refractivity contribution in [1.29, 1.82) is 0 Å². The Morgan fingerprint density at radius 1 is 1.46 bits per heavy atom. The van der Waals surface area contributed by atoms with E-state index in [1.54, 1.807) is 0 Å². The Hall–Kier alpha value is -0.800. The van der Waals surface area contributed by atoms with Crippen molar-refractivity contribution in [1.82, 2.24) is 5.32 Å². The number of aliphatic hydroxyl groups is 1. The van der Waals surface area contributed by atoms with Crippen molar-refractivity contribution < 1.29 is 9.52 Å². The fourth-order valence-corrected chi connectivity index (χ4v) is 1.25. The van der Waals surface area contributed by atoms with E-state index in [1.165, 1.54) is 0 Å². The zero-order valence-corrected chi connectivity index (χ0v) is 8.37. The molecule has 0 aliphatic rings. The van der Waals surface area contributed by atoms with Crippen LogP contribution in [0, 0.1) is 6.92 Å². The Kier molecular flexibility index (Phi) is 3.51. The Morgan fingerprint density at radius 3 is 2.62 bits per heavy atom. The van der Waals surface area contributed by atoms with E-state index in [1.807, 2.05) is 32.9 Å². The zero-order chi connectivity index (χ0) is 9.84. The SMILES string of the molecule is Cc1ccc(C(C)NC(C)CO)o1. The van der Waals surface area contributed by atoms with Gasteiger partial charge < -0.3 is 14.8 Å². The van der Waals surface area contributed by atoms with Gasteiger partial charge in [-0.15, -0.1) is 0 Å². The van der Waals surface area contributed by atoms with Crippen LogP contribution in [0.5, 0.6) is 0 Å². The summed E-state index contributed by atoms with van der Waals surface area (Å²) >= 11 is 0. The lowest BCUT2D eigenvalue weighted by atomic mass is 10.2. The van der Waals surface area contributed by atoms with Gasteiger partial charge >= 0.3 is 0 Å². The first-order valence-electron chi connectivity index (χ1n) is 4.56. The van der Waals surface area contributed by atoms with Gasteiger partial charge in [-0.05, 0) is 32.9 Å². The molecule has 0 radical (unpaired) electrons. The molecule has 0 aliphatic heterocycles. The van der Waals surface area contributed by atoms with Crippen molar-refractivity contribution in [2.45, 2.75) is 32.9 Å². The number of hydrogen-bond acceptors (Lipinski definition) is 3. The Labute approximate surface area is 78.8 Å². The van der Waals surface area contributed by atoms with Crippen molar-refractivity contribution in [3.63, 3.8) is 0 Å². The average Bonchev–Trinajstić information content (AvgIpc) is 2.51. The molecular weight excluding hydrogens is 166 g/mol. The maximum atomic E-state index is 8.84. The van der Waals surface area contributed by atoms with Crippen LogP contribution in [0.1, 0.15) is 31.4 Å². The van der Waals surface area contributed by atoms with Crippen LogP contribution >= 0.6 is 0 Å². The van der Waals surface area contributed by atoms with Gasteiger partial charge in [-0.2, -0.15) is 0 Å². The van der Waals surface area contributed by atoms with Gasteiger partial charge in [-0.1, -0.05) is 0 Å². The van der Waals surface area contributed by atoms with E-state index in [2.05, 4.69) is 5.32 Å². The molecule has 0 amide bonds. The molecule has 0 spiro atoms. The Balaban J connectivity index is 2.53. The summed E-state index contributed by atoms with van der Waals surface area (Å²) in [6.45, 7) is 6.02. The summed E-state index contributed by atoms with van der Waals surface area (Å²) in [5, 5.41) is 12.1. The number of rotatable bonds is 4. The normalized spacial score (nSPS) is 15.7. The van der Waals surface area contributed by atoms with Crippen LogP contribution in [0.4, 0.5) is 0 Å². The smallest absolute Gasteiger partial charge is 0.120 e. The molecular formula is C10H17NO2. The van der Waals surface area contributed by atoms with Crippen LogP contribution in [0.25, 0.3) is 0 Å². The summed E-state index contributed by atoms with van der Waals surface area (Å²) in [5.41, 5.74) is 0. The number of furan rings is 1. The molecule has 0 aliphatic carbocycles. The molecule has 1 rings (SSSR count). The number of hydrogen-bond donors (Lipinski definition) is 2. The van der Waals surface area contributed by atoms with Crippen LogP contribution in [-0.4, -0.2) is 17.8 Å². The molecule has 0 aromatic carbocycles. The fourth-order valence-electron chi connectivity index (χ4n) is 1.25. The van der Waals surface area contributed by atoms with Crippen molar-refractivity contribution in [2.75, 3.05) is 6.61 Å². The van der Waals surface area contributed by atoms with Crippen molar-refractivity contribution in [3.8, 4) is 0 Å². The van der Waals surface area contributed by atoms with E-state index in [0.29, 0.717) is 0 Å². The standard InChI is InChI=1S/C10H17NO2/c1-7(6-12)11-9(3)10-5-4-8(2)13-10/h4-5,7,9,11-12H,6H2,1-3H3. The first kappa shape index (κ1) is 10.3. The van der Waals surface area contributed by atoms with Crippen molar-refractivity contribution in [3.05, 3.63) is 23.7 Å². The zero-order valence-electron chi connectivity index (χ0n) is 8.37. The maximum Gasteiger partial charge on any atom is 0.120 e. The summed E-state index contributed by atoms with van der Waals surface area (Å²) in [7, 11) is 0. The molecule has 1 aromatic rings. The first-order valence-corrected chi connectivity index (χ1v) is 4.56. The largest absolute Gasteiger partial charge is 0.465 e. The summed E-state index contributed by atoms with van der Waals surface area (Å²) in [4.78, 5) is 0. The third-order valence-corrected chi connectivity index (χ3v) is 2.00. The van der Waals surface area contributed by atoms with E-state index in [9.17, 15) is 0 Å². The number of aryl methyl sites for hydroxylation is 1. The van der Waals surface area contributed by atoms with Gasteiger partial charge in [0.25, 0.3) is 0 Å². The van der Waals surface area contributed by atoms with E-state index in [-0.39, 0.29) is 18.7 Å². The highest BCUT2D eigenvalue weighted by Gasteiger charge is 2.11.